The van der Waals surface area contributed by atoms with Crippen LogP contribution in [0.2, 0.25) is 0 Å². The zero-order valence-electron chi connectivity index (χ0n) is 7.04. The maximum Gasteiger partial charge on any atom is 0.185 e. The molecule has 0 unspecified atom stereocenters. The van der Waals surface area contributed by atoms with Crippen LogP contribution in [0.15, 0.2) is 0 Å². The molecule has 0 amide bonds. The minimum Gasteiger partial charge on any atom is -0.348 e. The van der Waals surface area contributed by atoms with Gasteiger partial charge in [0, 0.05) is 6.04 Å². The van der Waals surface area contributed by atoms with Crippen LogP contribution in [0.4, 0.5) is 0 Å². The van der Waals surface area contributed by atoms with Crippen molar-refractivity contribution in [2.75, 3.05) is 27.2 Å². The molecule has 3 heteroatoms. The maximum absolute atomic E-state index is 2.44. The van der Waals surface area contributed by atoms with Crippen LogP contribution in [0.25, 0.3) is 0 Å². The molecule has 10 heavy (non-hydrogen) atoms. The van der Waals surface area contributed by atoms with E-state index in [4.69, 9.17) is 0 Å². The largest absolute Gasteiger partial charge is 0.348 e. The van der Waals surface area contributed by atoms with E-state index in [1.165, 1.54) is 13.1 Å². The van der Waals surface area contributed by atoms with E-state index in [0.717, 1.165) is 17.9 Å². The molecule has 0 bridgehead atoms. The number of fused-ring (bicyclic) bond motifs is 1. The SMILES string of the molecule is BN1C[C@@H]2[C@H](C1)[C@H]2N(C)C. The summed E-state index contributed by atoms with van der Waals surface area (Å²) in [5.41, 5.74) is 0. The smallest absolute Gasteiger partial charge is 0.185 e. The molecule has 1 saturated carbocycles. The first-order valence-corrected chi connectivity index (χ1v) is 4.05. The van der Waals surface area contributed by atoms with Crippen molar-refractivity contribution in [1.29, 1.82) is 0 Å². The molecule has 56 valence electrons. The highest BCUT2D eigenvalue weighted by Crippen LogP contribution is 2.47. The normalized spacial score (nSPS) is 46.1. The number of hydrogen-bond acceptors (Lipinski definition) is 2. The Morgan fingerprint density at radius 1 is 1.30 bits per heavy atom. The van der Waals surface area contributed by atoms with Crippen molar-refractivity contribution in [1.82, 2.24) is 9.71 Å². The topological polar surface area (TPSA) is 6.48 Å². The summed E-state index contributed by atoms with van der Waals surface area (Å²) in [4.78, 5) is 4.82. The minimum atomic E-state index is 0.913. The van der Waals surface area contributed by atoms with Gasteiger partial charge in [0.25, 0.3) is 0 Å². The van der Waals surface area contributed by atoms with Gasteiger partial charge < -0.3 is 9.71 Å². The van der Waals surface area contributed by atoms with Crippen molar-refractivity contribution in [3.8, 4) is 0 Å². The molecule has 1 heterocycles. The van der Waals surface area contributed by atoms with Crippen LogP contribution in [-0.4, -0.2) is 50.9 Å². The molecule has 2 rings (SSSR count). The lowest BCUT2D eigenvalue weighted by Gasteiger charge is -2.17. The van der Waals surface area contributed by atoms with Crippen molar-refractivity contribution < 1.29 is 0 Å². The van der Waals surface area contributed by atoms with Crippen LogP contribution in [0.5, 0.6) is 0 Å². The Labute approximate surface area is 63.6 Å². The zero-order chi connectivity index (χ0) is 7.30. The number of hydrogen-bond donors (Lipinski definition) is 0. The van der Waals surface area contributed by atoms with Gasteiger partial charge in [0.15, 0.2) is 7.98 Å². The Morgan fingerprint density at radius 3 is 2.20 bits per heavy atom. The molecule has 0 aromatic rings. The summed E-state index contributed by atoms with van der Waals surface area (Å²) in [6, 6.07) is 0.913. The van der Waals surface area contributed by atoms with E-state index in [9.17, 15) is 0 Å². The van der Waals surface area contributed by atoms with Crippen LogP contribution >= 0.6 is 0 Å². The maximum atomic E-state index is 2.44. The van der Waals surface area contributed by atoms with Gasteiger partial charge in [-0.3, -0.25) is 0 Å². The van der Waals surface area contributed by atoms with E-state index < -0.39 is 0 Å². The average molecular weight is 138 g/mol. The van der Waals surface area contributed by atoms with Gasteiger partial charge >= 0.3 is 0 Å². The fourth-order valence-corrected chi connectivity index (χ4v) is 2.47. The molecule has 1 aliphatic carbocycles. The Hall–Kier alpha value is -0.0151. The average Bonchev–Trinajstić information content (AvgIpc) is 2.32. The molecule has 1 saturated heterocycles. The molecule has 1 aliphatic heterocycles. The van der Waals surface area contributed by atoms with Crippen molar-refractivity contribution in [3.63, 3.8) is 0 Å². The Kier molecular flexibility index (Phi) is 1.33. The molecule has 2 nitrogen and oxygen atoms in total. The molecule has 2 fully saturated rings. The van der Waals surface area contributed by atoms with Gasteiger partial charge in [0.05, 0.1) is 0 Å². The van der Waals surface area contributed by atoms with Crippen molar-refractivity contribution in [2.45, 2.75) is 6.04 Å². The van der Waals surface area contributed by atoms with Gasteiger partial charge in [-0.05, 0) is 39.0 Å². The lowest BCUT2D eigenvalue weighted by atomic mass is 10.2. The van der Waals surface area contributed by atoms with Crippen LogP contribution in [0.1, 0.15) is 0 Å². The summed E-state index contributed by atoms with van der Waals surface area (Å²) in [6.45, 7) is 2.65. The zero-order valence-corrected chi connectivity index (χ0v) is 7.04. The monoisotopic (exact) mass is 138 g/mol. The standard InChI is InChI=1S/C7H15BN2/c1-9(2)7-5-3-10(8)4-6(5)7/h5-7H,3-4,8H2,1-2H3/t5-,6+,7+. The molecular weight excluding hydrogens is 123 g/mol. The number of nitrogens with zero attached hydrogens (tertiary/aromatic N) is 2. The van der Waals surface area contributed by atoms with Crippen molar-refractivity contribution >= 4 is 7.98 Å². The second kappa shape index (κ2) is 1.99. The summed E-state index contributed by atoms with van der Waals surface area (Å²) >= 11 is 0. The highest BCUT2D eigenvalue weighted by molar-refractivity contribution is 6.04. The quantitative estimate of drug-likeness (QED) is 0.430. The summed E-state index contributed by atoms with van der Waals surface area (Å²) in [6.07, 6.45) is 0. The van der Waals surface area contributed by atoms with Gasteiger partial charge in [-0.25, -0.2) is 0 Å². The van der Waals surface area contributed by atoms with Gasteiger partial charge in [-0.1, -0.05) is 0 Å². The first-order valence-electron chi connectivity index (χ1n) is 4.05. The lowest BCUT2D eigenvalue weighted by Crippen LogP contribution is -2.28. The fourth-order valence-electron chi connectivity index (χ4n) is 2.47. The first-order chi connectivity index (χ1) is 4.70. The summed E-state index contributed by atoms with van der Waals surface area (Å²) < 4.78 is 0. The minimum absolute atomic E-state index is 0.913. The van der Waals surface area contributed by atoms with E-state index in [1.807, 2.05) is 0 Å². The first kappa shape index (κ1) is 6.68. The number of rotatable bonds is 1. The predicted octanol–water partition coefficient (Wildman–Crippen LogP) is -0.974. The van der Waals surface area contributed by atoms with Crippen LogP contribution in [-0.2, 0) is 0 Å². The lowest BCUT2D eigenvalue weighted by molar-refractivity contribution is 0.320. The van der Waals surface area contributed by atoms with E-state index >= 15 is 0 Å². The Bertz CT molecular complexity index is 137. The fraction of sp³-hybridized carbons (Fsp3) is 1.00. The second-order valence-corrected chi connectivity index (χ2v) is 4.00. The van der Waals surface area contributed by atoms with Gasteiger partial charge in [-0.2, -0.15) is 0 Å². The number of piperidine rings is 1. The molecule has 2 aliphatic rings. The highest BCUT2D eigenvalue weighted by atomic mass is 15.2. The molecule has 0 N–H and O–H groups in total. The van der Waals surface area contributed by atoms with Gasteiger partial charge in [0.2, 0.25) is 0 Å². The van der Waals surface area contributed by atoms with Gasteiger partial charge in [-0.15, -0.1) is 0 Å². The van der Waals surface area contributed by atoms with E-state index in [1.54, 1.807) is 0 Å². The molecular formula is C7H15BN2. The summed E-state index contributed by atoms with van der Waals surface area (Å²) in [5.74, 6) is 2.00. The third-order valence-corrected chi connectivity index (χ3v) is 2.93. The van der Waals surface area contributed by atoms with E-state index in [-0.39, 0.29) is 0 Å². The molecule has 0 aromatic heterocycles. The molecule has 0 aromatic carbocycles. The Balaban J connectivity index is 1.92. The molecule has 3 atom stereocenters. The third kappa shape index (κ3) is 0.806. The van der Waals surface area contributed by atoms with E-state index in [2.05, 4.69) is 31.8 Å². The highest BCUT2D eigenvalue weighted by Gasteiger charge is 2.55. The van der Waals surface area contributed by atoms with Gasteiger partial charge in [0.1, 0.15) is 0 Å². The van der Waals surface area contributed by atoms with Crippen molar-refractivity contribution in [3.05, 3.63) is 0 Å². The second-order valence-electron chi connectivity index (χ2n) is 4.00. The Morgan fingerprint density at radius 2 is 1.80 bits per heavy atom. The summed E-state index contributed by atoms with van der Waals surface area (Å²) in [5, 5.41) is 0. The molecule has 0 radical (unpaired) electrons. The third-order valence-electron chi connectivity index (χ3n) is 2.93. The van der Waals surface area contributed by atoms with Crippen LogP contribution < -0.4 is 0 Å². The summed E-state index contributed by atoms with van der Waals surface area (Å²) in [7, 11) is 6.62. The van der Waals surface area contributed by atoms with Crippen LogP contribution in [0, 0.1) is 11.8 Å². The van der Waals surface area contributed by atoms with Crippen molar-refractivity contribution in [2.24, 2.45) is 11.8 Å². The van der Waals surface area contributed by atoms with Crippen LogP contribution in [0.3, 0.4) is 0 Å². The van der Waals surface area contributed by atoms with E-state index in [0.29, 0.717) is 0 Å². The molecule has 0 spiro atoms. The predicted molar refractivity (Wildman–Crippen MR) is 44.6 cm³/mol.